The summed E-state index contributed by atoms with van der Waals surface area (Å²) in [5.74, 6) is -0.221. The van der Waals surface area contributed by atoms with Crippen molar-refractivity contribution in [2.24, 2.45) is 0 Å². The van der Waals surface area contributed by atoms with Crippen molar-refractivity contribution in [1.82, 2.24) is 4.90 Å². The number of rotatable bonds is 9. The maximum Gasteiger partial charge on any atom is 0.310 e. The monoisotopic (exact) mass is 440 g/mol. The Balaban J connectivity index is 1.47. The number of anilines is 1. The zero-order chi connectivity index (χ0) is 23.1. The van der Waals surface area contributed by atoms with Gasteiger partial charge in [0, 0.05) is 35.8 Å². The molecule has 9 heteroatoms. The Bertz CT molecular complexity index is 1120. The summed E-state index contributed by atoms with van der Waals surface area (Å²) in [7, 11) is 4.54. The Morgan fingerprint density at radius 2 is 1.78 bits per heavy atom. The molecule has 0 aliphatic rings. The van der Waals surface area contributed by atoms with E-state index >= 15 is 0 Å². The number of carbonyl (C=O) groups excluding carboxylic acids is 3. The summed E-state index contributed by atoms with van der Waals surface area (Å²) in [5, 5.41) is 3.45. The van der Waals surface area contributed by atoms with Crippen molar-refractivity contribution >= 4 is 34.4 Å². The minimum Gasteiger partial charge on any atom is -0.497 e. The second kappa shape index (κ2) is 10.3. The molecular formula is C23H24N2O7. The quantitative estimate of drug-likeness (QED) is 0.510. The van der Waals surface area contributed by atoms with Crippen LogP contribution in [0, 0.1) is 0 Å². The topological polar surface area (TPSA) is 107 Å². The van der Waals surface area contributed by atoms with E-state index < -0.39 is 18.5 Å². The van der Waals surface area contributed by atoms with Gasteiger partial charge in [0.2, 0.25) is 5.91 Å². The molecule has 2 amide bonds. The highest BCUT2D eigenvalue weighted by molar-refractivity contribution is 5.95. The molecule has 3 aromatic rings. The van der Waals surface area contributed by atoms with Gasteiger partial charge in [-0.3, -0.25) is 14.4 Å². The summed E-state index contributed by atoms with van der Waals surface area (Å²) in [6.45, 7) is -0.660. The molecule has 2 aromatic carbocycles. The lowest BCUT2D eigenvalue weighted by Crippen LogP contribution is -2.37. The summed E-state index contributed by atoms with van der Waals surface area (Å²) in [6.07, 6.45) is 1.43. The minimum atomic E-state index is -0.578. The number of methoxy groups -OCH3 is 2. The van der Waals surface area contributed by atoms with Crippen LogP contribution >= 0.6 is 0 Å². The minimum absolute atomic E-state index is 0.0490. The Morgan fingerprint density at radius 3 is 2.53 bits per heavy atom. The molecule has 0 fully saturated rings. The maximum atomic E-state index is 12.2. The molecule has 0 saturated carbocycles. The van der Waals surface area contributed by atoms with Crippen LogP contribution in [0.15, 0.2) is 53.1 Å². The molecule has 1 heterocycles. The predicted molar refractivity (Wildman–Crippen MR) is 117 cm³/mol. The lowest BCUT2D eigenvalue weighted by Gasteiger charge is -2.17. The Labute approximate surface area is 184 Å². The van der Waals surface area contributed by atoms with E-state index in [1.807, 2.05) is 0 Å². The third-order valence-electron chi connectivity index (χ3n) is 4.71. The molecule has 9 nitrogen and oxygen atoms in total. The Kier molecular flexibility index (Phi) is 7.33. The molecule has 0 aliphatic carbocycles. The first-order chi connectivity index (χ1) is 15.4. The van der Waals surface area contributed by atoms with E-state index in [0.29, 0.717) is 28.3 Å². The van der Waals surface area contributed by atoms with Crippen molar-refractivity contribution in [2.75, 3.05) is 39.7 Å². The largest absolute Gasteiger partial charge is 0.497 e. The van der Waals surface area contributed by atoms with E-state index in [4.69, 9.17) is 18.6 Å². The second-order valence-corrected chi connectivity index (χ2v) is 6.99. The lowest BCUT2D eigenvalue weighted by molar-refractivity contribution is -0.151. The molecule has 0 radical (unpaired) electrons. The number of hydrogen-bond donors (Lipinski definition) is 1. The summed E-state index contributed by atoms with van der Waals surface area (Å²) in [5.41, 5.74) is 1.78. The molecule has 1 N–H and O–H groups in total. The maximum absolute atomic E-state index is 12.2. The van der Waals surface area contributed by atoms with Crippen LogP contribution < -0.4 is 14.8 Å². The summed E-state index contributed by atoms with van der Waals surface area (Å²) < 4.78 is 20.8. The number of amides is 2. The molecule has 0 spiro atoms. The first-order valence-electron chi connectivity index (χ1n) is 9.77. The van der Waals surface area contributed by atoms with Gasteiger partial charge >= 0.3 is 5.97 Å². The first kappa shape index (κ1) is 22.7. The molecule has 168 valence electrons. The van der Waals surface area contributed by atoms with Crippen LogP contribution in [0.5, 0.6) is 11.5 Å². The molecule has 32 heavy (non-hydrogen) atoms. The molecule has 3 rings (SSSR count). The van der Waals surface area contributed by atoms with Gasteiger partial charge in [0.05, 0.1) is 33.4 Å². The predicted octanol–water partition coefficient (Wildman–Crippen LogP) is 2.63. The highest BCUT2D eigenvalue weighted by atomic mass is 16.5. The molecule has 0 saturated heterocycles. The van der Waals surface area contributed by atoms with Crippen molar-refractivity contribution in [1.29, 1.82) is 0 Å². The average Bonchev–Trinajstić information content (AvgIpc) is 3.19. The number of esters is 1. The first-order valence-corrected chi connectivity index (χ1v) is 9.77. The van der Waals surface area contributed by atoms with Crippen LogP contribution in [0.3, 0.4) is 0 Å². The molecule has 0 bridgehead atoms. The number of fused-ring (bicyclic) bond motifs is 1. The van der Waals surface area contributed by atoms with Gasteiger partial charge in [0.1, 0.15) is 17.1 Å². The van der Waals surface area contributed by atoms with Gasteiger partial charge in [0.25, 0.3) is 5.91 Å². The van der Waals surface area contributed by atoms with E-state index in [2.05, 4.69) is 5.32 Å². The van der Waals surface area contributed by atoms with Gasteiger partial charge in [-0.1, -0.05) is 6.07 Å². The third-order valence-corrected chi connectivity index (χ3v) is 4.71. The van der Waals surface area contributed by atoms with Gasteiger partial charge < -0.3 is 28.8 Å². The van der Waals surface area contributed by atoms with Crippen LogP contribution in [0.1, 0.15) is 5.56 Å². The van der Waals surface area contributed by atoms with Gasteiger partial charge in [0.15, 0.2) is 6.61 Å². The summed E-state index contributed by atoms with van der Waals surface area (Å²) >= 11 is 0. The van der Waals surface area contributed by atoms with Gasteiger partial charge in [-0.05, 0) is 24.3 Å². The molecule has 0 unspecified atom stereocenters. The van der Waals surface area contributed by atoms with Crippen LogP contribution in [-0.4, -0.2) is 57.1 Å². The number of benzene rings is 2. The highest BCUT2D eigenvalue weighted by Crippen LogP contribution is 2.26. The van der Waals surface area contributed by atoms with E-state index in [9.17, 15) is 14.4 Å². The number of likely N-dealkylation sites (N-methyl/N-ethyl adjacent to an activating group) is 1. The molecule has 0 aliphatic heterocycles. The normalized spacial score (nSPS) is 10.5. The number of furan rings is 1. The van der Waals surface area contributed by atoms with Crippen LogP contribution in [0.4, 0.5) is 5.69 Å². The van der Waals surface area contributed by atoms with Crippen molar-refractivity contribution in [3.8, 4) is 11.5 Å². The van der Waals surface area contributed by atoms with Crippen molar-refractivity contribution in [2.45, 2.75) is 6.42 Å². The SMILES string of the molecule is COc1cccc(NC(=O)CN(C)C(=O)COC(=O)Cc2coc3cc(OC)ccc23)c1. The van der Waals surface area contributed by atoms with Crippen molar-refractivity contribution in [3.63, 3.8) is 0 Å². The van der Waals surface area contributed by atoms with E-state index in [-0.39, 0.29) is 18.9 Å². The Hall–Kier alpha value is -4.01. The summed E-state index contributed by atoms with van der Waals surface area (Å²) in [6, 6.07) is 12.1. The van der Waals surface area contributed by atoms with Crippen molar-refractivity contribution < 1.29 is 33.0 Å². The zero-order valence-corrected chi connectivity index (χ0v) is 18.0. The zero-order valence-electron chi connectivity index (χ0n) is 18.0. The average molecular weight is 440 g/mol. The van der Waals surface area contributed by atoms with Crippen LogP contribution in [0.2, 0.25) is 0 Å². The van der Waals surface area contributed by atoms with E-state index in [1.165, 1.54) is 25.3 Å². The van der Waals surface area contributed by atoms with Crippen LogP contribution in [0.25, 0.3) is 11.0 Å². The van der Waals surface area contributed by atoms with E-state index in [0.717, 1.165) is 5.39 Å². The highest BCUT2D eigenvalue weighted by Gasteiger charge is 2.17. The number of nitrogens with one attached hydrogen (secondary N) is 1. The fourth-order valence-corrected chi connectivity index (χ4v) is 2.99. The van der Waals surface area contributed by atoms with Gasteiger partial charge in [-0.15, -0.1) is 0 Å². The molecule has 0 atom stereocenters. The van der Waals surface area contributed by atoms with Crippen LogP contribution in [-0.2, 0) is 25.5 Å². The van der Waals surface area contributed by atoms with Gasteiger partial charge in [-0.2, -0.15) is 0 Å². The van der Waals surface area contributed by atoms with Gasteiger partial charge in [-0.25, -0.2) is 0 Å². The number of nitrogens with zero attached hydrogens (tertiary/aromatic N) is 1. The molecular weight excluding hydrogens is 416 g/mol. The van der Waals surface area contributed by atoms with E-state index in [1.54, 1.807) is 49.6 Å². The van der Waals surface area contributed by atoms with Crippen molar-refractivity contribution in [3.05, 3.63) is 54.3 Å². The standard InChI is InChI=1S/C23H24N2O7/c1-25(12-21(26)24-16-5-4-6-17(10-16)29-2)22(27)14-32-23(28)9-15-13-31-20-11-18(30-3)7-8-19(15)20/h4-8,10-11,13H,9,12,14H2,1-3H3,(H,24,26). The lowest BCUT2D eigenvalue weighted by atomic mass is 10.1. The number of ether oxygens (including phenoxy) is 3. The number of hydrogen-bond acceptors (Lipinski definition) is 7. The molecule has 1 aromatic heterocycles. The smallest absolute Gasteiger partial charge is 0.310 e. The number of carbonyl (C=O) groups is 3. The summed E-state index contributed by atoms with van der Waals surface area (Å²) in [4.78, 5) is 37.8. The third kappa shape index (κ3) is 5.78. The second-order valence-electron chi connectivity index (χ2n) is 6.99. The Morgan fingerprint density at radius 1 is 1.03 bits per heavy atom. The fraction of sp³-hybridized carbons (Fsp3) is 0.261. The fourth-order valence-electron chi connectivity index (χ4n) is 2.99.